The maximum Gasteiger partial charge on any atom is 0.0555 e. The van der Waals surface area contributed by atoms with E-state index in [2.05, 4.69) is 205 Å². The second-order valence-electron chi connectivity index (χ2n) is 14.0. The molecule has 0 aliphatic carbocycles. The van der Waals surface area contributed by atoms with Gasteiger partial charge < -0.3 is 4.90 Å². The summed E-state index contributed by atoms with van der Waals surface area (Å²) in [5.74, 6) is 0. The van der Waals surface area contributed by atoms with Gasteiger partial charge in [-0.2, -0.15) is 0 Å². The maximum atomic E-state index is 2.54. The fourth-order valence-electron chi connectivity index (χ4n) is 8.51. The molecule has 1 nitrogen and oxygen atoms in total. The van der Waals surface area contributed by atoms with Crippen molar-refractivity contribution < 1.29 is 0 Å². The number of para-hydroxylation sites is 2. The van der Waals surface area contributed by atoms with Crippen molar-refractivity contribution in [3.8, 4) is 33.4 Å². The van der Waals surface area contributed by atoms with Crippen LogP contribution >= 0.6 is 22.7 Å². The number of rotatable bonds is 6. The van der Waals surface area contributed by atoms with Crippen molar-refractivity contribution in [2.75, 3.05) is 4.90 Å². The Morgan fingerprint density at radius 3 is 1.58 bits per heavy atom. The molecule has 11 aromatic rings. The summed E-state index contributed by atoms with van der Waals surface area (Å²) in [6, 6.07) is 73.5. The van der Waals surface area contributed by atoms with Gasteiger partial charge in [0, 0.05) is 57.0 Å². The van der Waals surface area contributed by atoms with Gasteiger partial charge in [-0.25, -0.2) is 0 Å². The number of thiophene rings is 2. The lowest BCUT2D eigenvalue weighted by molar-refractivity contribution is 1.30. The molecule has 3 heteroatoms. The predicted octanol–water partition coefficient (Wildman–Crippen LogP) is 16.0. The summed E-state index contributed by atoms with van der Waals surface area (Å²) < 4.78 is 5.19. The molecule has 0 bridgehead atoms. The largest absolute Gasteiger partial charge is 0.309 e. The minimum atomic E-state index is 1.14. The zero-order valence-electron chi connectivity index (χ0n) is 29.8. The fraction of sp³-hybridized carbons (Fsp3) is 0. The summed E-state index contributed by atoms with van der Waals surface area (Å²) in [7, 11) is 0. The number of fused-ring (bicyclic) bond motifs is 7. The molecule has 258 valence electrons. The standard InChI is InChI=1S/C52H33NS2/c1-2-16-34(17-3-1)36-24-12-18-35-19-13-25-40(50(35)36)37-20-4-8-28-44(37)53(46-30-15-33-49-51(46)43-23-7-11-32-48(43)54-49)45-29-9-5-21-38(45)41-26-14-27-42-39-22-6-10-31-47(39)55-52(41)42/h1-33H. The number of hydrogen-bond donors (Lipinski definition) is 0. The SMILES string of the molecule is c1ccc(-c2cccc3cccc(-c4ccccc4N(c4ccccc4-c4cccc5c4sc4ccccc45)c4cccc5sc6ccccc6c45)c23)cc1. The average molecular weight is 736 g/mol. The third kappa shape index (κ3) is 5.20. The lowest BCUT2D eigenvalue weighted by Crippen LogP contribution is -2.13. The van der Waals surface area contributed by atoms with Crippen molar-refractivity contribution in [1.82, 2.24) is 0 Å². The maximum absolute atomic E-state index is 2.54. The summed E-state index contributed by atoms with van der Waals surface area (Å²) in [6.07, 6.45) is 0. The third-order valence-corrected chi connectivity index (χ3v) is 13.2. The van der Waals surface area contributed by atoms with Crippen molar-refractivity contribution in [3.63, 3.8) is 0 Å². The Kier molecular flexibility index (Phi) is 7.61. The van der Waals surface area contributed by atoms with Crippen LogP contribution in [0.25, 0.3) is 84.5 Å². The molecule has 0 unspecified atom stereocenters. The molecule has 9 aromatic carbocycles. The van der Waals surface area contributed by atoms with Gasteiger partial charge in [-0.3, -0.25) is 0 Å². The van der Waals surface area contributed by atoms with Crippen LogP contribution in [-0.4, -0.2) is 0 Å². The summed E-state index contributed by atoms with van der Waals surface area (Å²) in [6.45, 7) is 0. The average Bonchev–Trinajstić information content (AvgIpc) is 3.83. The van der Waals surface area contributed by atoms with Gasteiger partial charge in [-0.15, -0.1) is 22.7 Å². The highest BCUT2D eigenvalue weighted by molar-refractivity contribution is 7.26. The van der Waals surface area contributed by atoms with Gasteiger partial charge in [-0.05, 0) is 63.9 Å². The molecule has 2 aromatic heterocycles. The normalized spacial score (nSPS) is 11.6. The van der Waals surface area contributed by atoms with Crippen molar-refractivity contribution >= 4 is 90.9 Å². The summed E-state index contributed by atoms with van der Waals surface area (Å²) in [4.78, 5) is 2.54. The molecule has 11 rings (SSSR count). The first-order valence-corrected chi connectivity index (χ1v) is 20.3. The van der Waals surface area contributed by atoms with E-state index in [-0.39, 0.29) is 0 Å². The number of hydrogen-bond acceptors (Lipinski definition) is 3. The van der Waals surface area contributed by atoms with E-state index in [1.54, 1.807) is 0 Å². The van der Waals surface area contributed by atoms with Crippen LogP contribution in [0.3, 0.4) is 0 Å². The van der Waals surface area contributed by atoms with Crippen molar-refractivity contribution in [3.05, 3.63) is 200 Å². The topological polar surface area (TPSA) is 3.24 Å². The quantitative estimate of drug-likeness (QED) is 0.164. The monoisotopic (exact) mass is 735 g/mol. The lowest BCUT2D eigenvalue weighted by atomic mass is 9.90. The minimum Gasteiger partial charge on any atom is -0.309 e. The Labute approximate surface area is 327 Å². The van der Waals surface area contributed by atoms with E-state index in [1.165, 1.54) is 90.2 Å². The Hall–Kier alpha value is -6.52. The molecule has 2 heterocycles. The highest BCUT2D eigenvalue weighted by Crippen LogP contribution is 2.51. The van der Waals surface area contributed by atoms with Crippen LogP contribution in [0.15, 0.2) is 200 Å². The van der Waals surface area contributed by atoms with E-state index in [0.717, 1.165) is 11.4 Å². The molecular weight excluding hydrogens is 703 g/mol. The van der Waals surface area contributed by atoms with Crippen molar-refractivity contribution in [1.29, 1.82) is 0 Å². The number of anilines is 3. The van der Waals surface area contributed by atoms with Crippen LogP contribution in [0.5, 0.6) is 0 Å². The number of nitrogens with zero attached hydrogens (tertiary/aromatic N) is 1. The first-order valence-electron chi connectivity index (χ1n) is 18.7. The molecule has 0 radical (unpaired) electrons. The van der Waals surface area contributed by atoms with Gasteiger partial charge in [0.15, 0.2) is 0 Å². The fourth-order valence-corrected chi connectivity index (χ4v) is 10.9. The van der Waals surface area contributed by atoms with Crippen molar-refractivity contribution in [2.45, 2.75) is 0 Å². The molecule has 0 aliphatic heterocycles. The van der Waals surface area contributed by atoms with Crippen LogP contribution in [-0.2, 0) is 0 Å². The highest BCUT2D eigenvalue weighted by atomic mass is 32.1. The van der Waals surface area contributed by atoms with E-state index >= 15 is 0 Å². The lowest BCUT2D eigenvalue weighted by Gasteiger charge is -2.31. The molecule has 0 saturated carbocycles. The van der Waals surface area contributed by atoms with Crippen LogP contribution in [0.4, 0.5) is 17.1 Å². The van der Waals surface area contributed by atoms with Crippen LogP contribution < -0.4 is 4.90 Å². The van der Waals surface area contributed by atoms with Gasteiger partial charge in [-0.1, -0.05) is 164 Å². The predicted molar refractivity (Wildman–Crippen MR) is 241 cm³/mol. The van der Waals surface area contributed by atoms with Gasteiger partial charge in [0.25, 0.3) is 0 Å². The first-order chi connectivity index (χ1) is 27.3. The second-order valence-corrected chi connectivity index (χ2v) is 16.1. The molecule has 0 amide bonds. The zero-order chi connectivity index (χ0) is 36.3. The second kappa shape index (κ2) is 13.1. The summed E-state index contributed by atoms with van der Waals surface area (Å²) in [5.41, 5.74) is 10.7. The van der Waals surface area contributed by atoms with Crippen LogP contribution in [0.1, 0.15) is 0 Å². The van der Waals surface area contributed by atoms with E-state index in [1.807, 2.05) is 22.7 Å². The van der Waals surface area contributed by atoms with Gasteiger partial charge in [0.2, 0.25) is 0 Å². The van der Waals surface area contributed by atoms with Crippen LogP contribution in [0, 0.1) is 0 Å². The van der Waals surface area contributed by atoms with Gasteiger partial charge in [0.05, 0.1) is 17.1 Å². The third-order valence-electron chi connectivity index (χ3n) is 10.9. The molecule has 0 atom stereocenters. The Balaban J connectivity index is 1.24. The van der Waals surface area contributed by atoms with Crippen molar-refractivity contribution in [2.24, 2.45) is 0 Å². The Bertz CT molecular complexity index is 3220. The van der Waals surface area contributed by atoms with E-state index in [4.69, 9.17) is 0 Å². The molecule has 0 fully saturated rings. The smallest absolute Gasteiger partial charge is 0.0555 e. The molecule has 0 aliphatic rings. The molecule has 0 spiro atoms. The van der Waals surface area contributed by atoms with E-state index in [0.29, 0.717) is 0 Å². The zero-order valence-corrected chi connectivity index (χ0v) is 31.4. The molecule has 55 heavy (non-hydrogen) atoms. The number of benzene rings is 9. The van der Waals surface area contributed by atoms with Gasteiger partial charge >= 0.3 is 0 Å². The highest BCUT2D eigenvalue weighted by Gasteiger charge is 2.25. The van der Waals surface area contributed by atoms with E-state index < -0.39 is 0 Å². The first kappa shape index (κ1) is 32.0. The molecule has 0 saturated heterocycles. The summed E-state index contributed by atoms with van der Waals surface area (Å²) in [5, 5.41) is 7.64. The van der Waals surface area contributed by atoms with E-state index in [9.17, 15) is 0 Å². The minimum absolute atomic E-state index is 1.14. The molecular formula is C52H33NS2. The van der Waals surface area contributed by atoms with Crippen LogP contribution in [0.2, 0.25) is 0 Å². The molecule has 0 N–H and O–H groups in total. The summed E-state index contributed by atoms with van der Waals surface area (Å²) >= 11 is 3.75. The Morgan fingerprint density at radius 1 is 0.291 bits per heavy atom. The Morgan fingerprint density at radius 2 is 0.800 bits per heavy atom. The van der Waals surface area contributed by atoms with Gasteiger partial charge in [0.1, 0.15) is 0 Å².